The van der Waals surface area contributed by atoms with E-state index in [1.807, 2.05) is 0 Å². The lowest BCUT2D eigenvalue weighted by Crippen LogP contribution is -2.28. The van der Waals surface area contributed by atoms with Gasteiger partial charge in [0.15, 0.2) is 0 Å². The summed E-state index contributed by atoms with van der Waals surface area (Å²) in [6.45, 7) is 4.11. The van der Waals surface area contributed by atoms with Crippen LogP contribution < -0.4 is 0 Å². The Labute approximate surface area is 81.6 Å². The molecule has 1 rings (SSSR count). The molecule has 11 heavy (non-hydrogen) atoms. The molecule has 0 heterocycles. The first-order valence-electron chi connectivity index (χ1n) is 3.50. The second-order valence-electron chi connectivity index (χ2n) is 3.79. The molecule has 1 nitrogen and oxygen atoms in total. The van der Waals surface area contributed by atoms with Gasteiger partial charge >= 0.3 is 0 Å². The van der Waals surface area contributed by atoms with E-state index in [-0.39, 0.29) is 11.3 Å². The van der Waals surface area contributed by atoms with Gasteiger partial charge in [0, 0.05) is 0 Å². The highest BCUT2D eigenvalue weighted by Gasteiger charge is 2.55. The molecule has 4 heteroatoms. The van der Waals surface area contributed by atoms with Crippen molar-refractivity contribution in [3.63, 3.8) is 0 Å². The fraction of sp³-hybridized carbons (Fsp3) is 1.00. The minimum absolute atomic E-state index is 0.134. The van der Waals surface area contributed by atoms with Crippen LogP contribution in [0.3, 0.4) is 0 Å². The Hall–Kier alpha value is 0.830. The minimum Gasteiger partial charge on any atom is -0.388 e. The summed E-state index contributed by atoms with van der Waals surface area (Å²) < 4.78 is -1.53. The molecule has 1 N–H and O–H groups in total. The van der Waals surface area contributed by atoms with E-state index in [9.17, 15) is 5.11 Å². The van der Waals surface area contributed by atoms with Crippen LogP contribution in [0.1, 0.15) is 20.3 Å². The summed E-state index contributed by atoms with van der Waals surface area (Å²) >= 11 is 16.6. The number of aliphatic hydroxyl groups is 1. The molecule has 0 amide bonds. The van der Waals surface area contributed by atoms with E-state index in [0.29, 0.717) is 0 Å². The summed E-state index contributed by atoms with van der Waals surface area (Å²) in [5, 5.41) is 9.47. The molecule has 0 unspecified atom stereocenters. The minimum atomic E-state index is -1.53. The highest BCUT2D eigenvalue weighted by Crippen LogP contribution is 2.57. The third-order valence-electron chi connectivity index (χ3n) is 2.31. The Kier molecular flexibility index (Phi) is 2.40. The van der Waals surface area contributed by atoms with Gasteiger partial charge in [0.05, 0.1) is 0 Å². The molecule has 66 valence electrons. The van der Waals surface area contributed by atoms with Crippen molar-refractivity contribution in [2.45, 2.75) is 30.2 Å². The van der Waals surface area contributed by atoms with Crippen molar-refractivity contribution in [1.29, 1.82) is 0 Å². The van der Waals surface area contributed by atoms with Crippen molar-refractivity contribution >= 4 is 34.8 Å². The molecule has 1 aliphatic carbocycles. The molecule has 0 radical (unpaired) electrons. The predicted octanol–water partition coefficient (Wildman–Crippen LogP) is 2.76. The normalized spacial score (nSPS) is 31.6. The Morgan fingerprint density at radius 2 is 1.82 bits per heavy atom. The van der Waals surface area contributed by atoms with Gasteiger partial charge in [0.2, 0.25) is 3.79 Å². The number of hydrogen-bond acceptors (Lipinski definition) is 1. The van der Waals surface area contributed by atoms with E-state index < -0.39 is 9.90 Å². The summed E-state index contributed by atoms with van der Waals surface area (Å²) in [6.07, 6.45) is 0.102. The molecular formula is C7H11Cl3O. The zero-order valence-electron chi connectivity index (χ0n) is 6.44. The van der Waals surface area contributed by atoms with Crippen molar-refractivity contribution in [3.8, 4) is 0 Å². The quantitative estimate of drug-likeness (QED) is 0.670. The summed E-state index contributed by atoms with van der Waals surface area (Å²) in [6, 6.07) is 0. The van der Waals surface area contributed by atoms with Crippen LogP contribution in [-0.4, -0.2) is 15.0 Å². The van der Waals surface area contributed by atoms with E-state index in [1.54, 1.807) is 0 Å². The molecule has 0 aromatic heterocycles. The average molecular weight is 218 g/mol. The van der Waals surface area contributed by atoms with Gasteiger partial charge in [-0.25, -0.2) is 0 Å². The van der Waals surface area contributed by atoms with E-state index in [2.05, 4.69) is 13.8 Å². The van der Waals surface area contributed by atoms with Crippen molar-refractivity contribution in [3.05, 3.63) is 0 Å². The van der Waals surface area contributed by atoms with Gasteiger partial charge < -0.3 is 5.11 Å². The van der Waals surface area contributed by atoms with Gasteiger partial charge in [-0.05, 0) is 17.8 Å². The monoisotopic (exact) mass is 216 g/mol. The first-order chi connectivity index (χ1) is 4.75. The van der Waals surface area contributed by atoms with Gasteiger partial charge in [0.25, 0.3) is 0 Å². The highest BCUT2D eigenvalue weighted by atomic mass is 35.6. The van der Waals surface area contributed by atoms with Crippen molar-refractivity contribution < 1.29 is 5.11 Å². The molecule has 1 fully saturated rings. The molecule has 1 aliphatic rings. The molecule has 2 atom stereocenters. The third kappa shape index (κ3) is 2.15. The van der Waals surface area contributed by atoms with Crippen LogP contribution in [0.25, 0.3) is 0 Å². The van der Waals surface area contributed by atoms with Crippen LogP contribution in [0.5, 0.6) is 0 Å². The molecule has 0 spiro atoms. The predicted molar refractivity (Wildman–Crippen MR) is 48.2 cm³/mol. The van der Waals surface area contributed by atoms with E-state index in [0.717, 1.165) is 6.42 Å². The molecular weight excluding hydrogens is 206 g/mol. The summed E-state index contributed by atoms with van der Waals surface area (Å²) in [4.78, 5) is 0. The zero-order chi connectivity index (χ0) is 8.86. The van der Waals surface area contributed by atoms with Crippen LogP contribution >= 0.6 is 34.8 Å². The summed E-state index contributed by atoms with van der Waals surface area (Å²) in [5.74, 6) is 0.134. The number of halogens is 3. The van der Waals surface area contributed by atoms with Gasteiger partial charge in [-0.1, -0.05) is 48.7 Å². The maximum atomic E-state index is 9.47. The average Bonchev–Trinajstić information content (AvgIpc) is 2.36. The van der Waals surface area contributed by atoms with Crippen LogP contribution in [-0.2, 0) is 0 Å². The van der Waals surface area contributed by atoms with Crippen LogP contribution in [0.4, 0.5) is 0 Å². The van der Waals surface area contributed by atoms with Crippen LogP contribution in [0.15, 0.2) is 0 Å². The highest BCUT2D eigenvalue weighted by molar-refractivity contribution is 6.68. The zero-order valence-corrected chi connectivity index (χ0v) is 8.71. The Balaban J connectivity index is 2.52. The SMILES string of the molecule is CC1(C)C[C@@H]1[C@@H](O)C(Cl)(Cl)Cl. The third-order valence-corrected chi connectivity index (χ3v) is 2.98. The molecule has 0 aromatic rings. The Morgan fingerprint density at radius 1 is 1.45 bits per heavy atom. The molecule has 1 saturated carbocycles. The number of alkyl halides is 3. The summed E-state index contributed by atoms with van der Waals surface area (Å²) in [5.41, 5.74) is 0.142. The summed E-state index contributed by atoms with van der Waals surface area (Å²) in [7, 11) is 0. The van der Waals surface area contributed by atoms with Gasteiger partial charge in [-0.2, -0.15) is 0 Å². The van der Waals surface area contributed by atoms with E-state index in [1.165, 1.54) is 0 Å². The maximum Gasteiger partial charge on any atom is 0.216 e. The fourth-order valence-electron chi connectivity index (χ4n) is 1.27. The number of aliphatic hydroxyl groups excluding tert-OH is 1. The fourth-order valence-corrected chi connectivity index (χ4v) is 1.73. The second-order valence-corrected chi connectivity index (χ2v) is 6.15. The van der Waals surface area contributed by atoms with Gasteiger partial charge in [0.1, 0.15) is 6.10 Å². The lowest BCUT2D eigenvalue weighted by Gasteiger charge is -2.19. The second kappa shape index (κ2) is 2.66. The molecule has 0 aliphatic heterocycles. The van der Waals surface area contributed by atoms with E-state index >= 15 is 0 Å². The molecule has 0 bridgehead atoms. The first-order valence-corrected chi connectivity index (χ1v) is 4.63. The lowest BCUT2D eigenvalue weighted by atomic mass is 10.1. The molecule has 0 aromatic carbocycles. The largest absolute Gasteiger partial charge is 0.388 e. The number of rotatable bonds is 1. The van der Waals surface area contributed by atoms with Crippen LogP contribution in [0, 0.1) is 11.3 Å². The Morgan fingerprint density at radius 3 is 1.91 bits per heavy atom. The van der Waals surface area contributed by atoms with Crippen molar-refractivity contribution in [2.75, 3.05) is 0 Å². The molecule has 0 saturated heterocycles. The van der Waals surface area contributed by atoms with E-state index in [4.69, 9.17) is 34.8 Å². The first kappa shape index (κ1) is 9.91. The lowest BCUT2D eigenvalue weighted by molar-refractivity contribution is 0.140. The van der Waals surface area contributed by atoms with Crippen molar-refractivity contribution in [2.24, 2.45) is 11.3 Å². The van der Waals surface area contributed by atoms with Crippen LogP contribution in [0.2, 0.25) is 0 Å². The Bertz CT molecular complexity index is 162. The standard InChI is InChI=1S/C7H11Cl3O/c1-6(2)3-4(6)5(11)7(8,9)10/h4-5,11H,3H2,1-2H3/t4-,5-/m1/s1. The number of hydrogen-bond donors (Lipinski definition) is 1. The smallest absolute Gasteiger partial charge is 0.216 e. The maximum absolute atomic E-state index is 9.47. The van der Waals surface area contributed by atoms with Crippen molar-refractivity contribution in [1.82, 2.24) is 0 Å². The van der Waals surface area contributed by atoms with Gasteiger partial charge in [-0.15, -0.1) is 0 Å². The topological polar surface area (TPSA) is 20.2 Å². The van der Waals surface area contributed by atoms with Gasteiger partial charge in [-0.3, -0.25) is 0 Å².